The Bertz CT molecular complexity index is 769. The maximum absolute atomic E-state index is 11.2. The van der Waals surface area contributed by atoms with E-state index in [9.17, 15) is 4.79 Å². The van der Waals surface area contributed by atoms with E-state index in [0.29, 0.717) is 5.82 Å². The second-order valence-corrected chi connectivity index (χ2v) is 6.64. The van der Waals surface area contributed by atoms with E-state index in [1.54, 1.807) is 6.07 Å². The van der Waals surface area contributed by atoms with E-state index < -0.39 is 5.97 Å². The molecule has 1 fully saturated rings. The van der Waals surface area contributed by atoms with Gasteiger partial charge in [-0.05, 0) is 42.5 Å². The van der Waals surface area contributed by atoms with Gasteiger partial charge < -0.3 is 15.2 Å². The number of rotatable bonds is 3. The van der Waals surface area contributed by atoms with Crippen molar-refractivity contribution < 1.29 is 14.6 Å². The fourth-order valence-corrected chi connectivity index (χ4v) is 4.04. The second kappa shape index (κ2) is 5.91. The molecule has 2 heterocycles. The minimum atomic E-state index is -1.01. The van der Waals surface area contributed by atoms with Gasteiger partial charge in [0.05, 0.1) is 6.04 Å². The van der Waals surface area contributed by atoms with Crippen molar-refractivity contribution in [2.75, 3.05) is 18.5 Å². The van der Waals surface area contributed by atoms with Crippen molar-refractivity contribution in [3.05, 3.63) is 59.3 Å². The van der Waals surface area contributed by atoms with Crippen LogP contribution in [0, 0.1) is 5.41 Å². The minimum absolute atomic E-state index is 0.0623. The molecule has 0 radical (unpaired) electrons. The lowest BCUT2D eigenvalue weighted by molar-refractivity contribution is 0.0102. The van der Waals surface area contributed by atoms with Crippen LogP contribution >= 0.6 is 0 Å². The zero-order valence-electron chi connectivity index (χ0n) is 13.4. The van der Waals surface area contributed by atoms with Crippen LogP contribution in [0.15, 0.2) is 42.5 Å². The summed E-state index contributed by atoms with van der Waals surface area (Å²) in [5.74, 6) is -0.395. The predicted octanol–water partition coefficient (Wildman–Crippen LogP) is 3.29. The number of benzene rings is 1. The first-order valence-electron chi connectivity index (χ1n) is 8.30. The van der Waals surface area contributed by atoms with Crippen LogP contribution in [0.5, 0.6) is 0 Å². The Hall–Kier alpha value is -2.40. The third kappa shape index (κ3) is 2.55. The number of carboxylic acids is 1. The Kier molecular flexibility index (Phi) is 3.73. The number of aromatic nitrogens is 1. The first kappa shape index (κ1) is 15.1. The molecular weight excluding hydrogens is 304 g/mol. The number of aromatic carboxylic acids is 1. The van der Waals surface area contributed by atoms with Gasteiger partial charge in [-0.15, -0.1) is 0 Å². The molecule has 1 saturated heterocycles. The molecule has 2 N–H and O–H groups in total. The van der Waals surface area contributed by atoms with Gasteiger partial charge in [-0.1, -0.05) is 30.3 Å². The molecule has 1 aliphatic carbocycles. The van der Waals surface area contributed by atoms with Gasteiger partial charge in [0.1, 0.15) is 5.82 Å². The van der Waals surface area contributed by atoms with Crippen molar-refractivity contribution in [2.45, 2.75) is 25.3 Å². The highest BCUT2D eigenvalue weighted by Crippen LogP contribution is 2.52. The van der Waals surface area contributed by atoms with E-state index in [0.717, 1.165) is 32.5 Å². The van der Waals surface area contributed by atoms with E-state index in [1.165, 1.54) is 17.2 Å². The number of fused-ring (bicyclic) bond motifs is 1. The second-order valence-electron chi connectivity index (χ2n) is 6.64. The quantitative estimate of drug-likeness (QED) is 0.906. The number of pyridine rings is 1. The third-order valence-electron chi connectivity index (χ3n) is 5.27. The Labute approximate surface area is 140 Å². The van der Waals surface area contributed by atoms with Crippen LogP contribution in [-0.2, 0) is 11.2 Å². The Balaban J connectivity index is 1.70. The highest BCUT2D eigenvalue weighted by atomic mass is 16.5. The Morgan fingerprint density at radius 2 is 1.96 bits per heavy atom. The topological polar surface area (TPSA) is 71.5 Å². The van der Waals surface area contributed by atoms with E-state index in [1.807, 2.05) is 6.07 Å². The van der Waals surface area contributed by atoms with Crippen LogP contribution in [0.1, 0.15) is 40.5 Å². The summed E-state index contributed by atoms with van der Waals surface area (Å²) in [6.45, 7) is 1.55. The molecule has 5 nitrogen and oxygen atoms in total. The molecular formula is C19H20N2O3. The zero-order valence-corrected chi connectivity index (χ0v) is 13.4. The summed E-state index contributed by atoms with van der Waals surface area (Å²) in [5.41, 5.74) is 2.84. The van der Waals surface area contributed by atoms with Crippen LogP contribution in [0.25, 0.3) is 0 Å². The summed E-state index contributed by atoms with van der Waals surface area (Å²) in [7, 11) is 0. The number of carbonyl (C=O) groups is 1. The third-order valence-corrected chi connectivity index (χ3v) is 5.27. The lowest BCUT2D eigenvalue weighted by atomic mass is 9.74. The van der Waals surface area contributed by atoms with Crippen LogP contribution in [0.3, 0.4) is 0 Å². The molecule has 2 aromatic rings. The summed E-state index contributed by atoms with van der Waals surface area (Å²) in [6.07, 6.45) is 3.03. The molecule has 24 heavy (non-hydrogen) atoms. The molecule has 5 heteroatoms. The Morgan fingerprint density at radius 3 is 2.75 bits per heavy atom. The van der Waals surface area contributed by atoms with Gasteiger partial charge in [-0.2, -0.15) is 0 Å². The number of nitrogens with zero attached hydrogens (tertiary/aromatic N) is 1. The summed E-state index contributed by atoms with van der Waals surface area (Å²) in [6, 6.07) is 13.7. The van der Waals surface area contributed by atoms with Crippen molar-refractivity contribution in [3.8, 4) is 0 Å². The standard InChI is InChI=1S/C19H20N2O3/c22-18(23)15-6-3-7-16(20-15)21-17-14-5-2-1-4-13(14)12-19(17)8-10-24-11-9-19/h1-7,17H,8-12H2,(H,20,21)(H,22,23). The number of ether oxygens (including phenoxy) is 1. The first-order chi connectivity index (χ1) is 11.7. The first-order valence-corrected chi connectivity index (χ1v) is 8.30. The summed E-state index contributed by atoms with van der Waals surface area (Å²) < 4.78 is 5.58. The molecule has 0 amide bonds. The SMILES string of the molecule is O=C(O)c1cccc(NC2c3ccccc3CC23CCOCC3)n1. The maximum Gasteiger partial charge on any atom is 0.354 e. The van der Waals surface area contributed by atoms with E-state index in [-0.39, 0.29) is 17.2 Å². The molecule has 124 valence electrons. The zero-order chi connectivity index (χ0) is 16.6. The number of nitrogens with one attached hydrogen (secondary N) is 1. The summed E-state index contributed by atoms with van der Waals surface area (Å²) in [4.78, 5) is 15.4. The molecule has 1 unspecified atom stereocenters. The van der Waals surface area contributed by atoms with Crippen LogP contribution in [0.4, 0.5) is 5.82 Å². The maximum atomic E-state index is 11.2. The average molecular weight is 324 g/mol. The normalized spacial score (nSPS) is 21.4. The van der Waals surface area contributed by atoms with E-state index >= 15 is 0 Å². The van der Waals surface area contributed by atoms with Crippen molar-refractivity contribution in [1.82, 2.24) is 4.98 Å². The van der Waals surface area contributed by atoms with Gasteiger partial charge in [0.2, 0.25) is 0 Å². The van der Waals surface area contributed by atoms with Gasteiger partial charge in [0.15, 0.2) is 5.69 Å². The van der Waals surface area contributed by atoms with Crippen LogP contribution < -0.4 is 5.32 Å². The van der Waals surface area contributed by atoms with Crippen LogP contribution in [-0.4, -0.2) is 29.3 Å². The Morgan fingerprint density at radius 1 is 1.17 bits per heavy atom. The van der Waals surface area contributed by atoms with Crippen LogP contribution in [0.2, 0.25) is 0 Å². The van der Waals surface area contributed by atoms with E-state index in [2.05, 4.69) is 34.6 Å². The molecule has 1 aliphatic heterocycles. The number of hydrogen-bond donors (Lipinski definition) is 2. The predicted molar refractivity (Wildman–Crippen MR) is 90.2 cm³/mol. The fourth-order valence-electron chi connectivity index (χ4n) is 4.04. The van der Waals surface area contributed by atoms with Crippen molar-refractivity contribution in [1.29, 1.82) is 0 Å². The van der Waals surface area contributed by atoms with Crippen molar-refractivity contribution >= 4 is 11.8 Å². The van der Waals surface area contributed by atoms with Crippen molar-refractivity contribution in [3.63, 3.8) is 0 Å². The number of carboxylic acid groups (broad SMARTS) is 1. The molecule has 1 atom stereocenters. The largest absolute Gasteiger partial charge is 0.477 e. The molecule has 1 aromatic carbocycles. The smallest absolute Gasteiger partial charge is 0.354 e. The van der Waals surface area contributed by atoms with Gasteiger partial charge in [0, 0.05) is 18.6 Å². The molecule has 4 rings (SSSR count). The highest BCUT2D eigenvalue weighted by molar-refractivity contribution is 5.85. The fraction of sp³-hybridized carbons (Fsp3) is 0.368. The lowest BCUT2D eigenvalue weighted by Crippen LogP contribution is -2.37. The molecule has 1 spiro atoms. The van der Waals surface area contributed by atoms with Gasteiger partial charge in [-0.3, -0.25) is 0 Å². The molecule has 0 bridgehead atoms. The van der Waals surface area contributed by atoms with Crippen molar-refractivity contribution in [2.24, 2.45) is 5.41 Å². The monoisotopic (exact) mass is 324 g/mol. The van der Waals surface area contributed by atoms with Gasteiger partial charge in [0.25, 0.3) is 0 Å². The van der Waals surface area contributed by atoms with E-state index in [4.69, 9.17) is 9.84 Å². The number of hydrogen-bond acceptors (Lipinski definition) is 4. The number of anilines is 1. The average Bonchev–Trinajstić information content (AvgIpc) is 2.89. The molecule has 1 aromatic heterocycles. The summed E-state index contributed by atoms with van der Waals surface area (Å²) >= 11 is 0. The minimum Gasteiger partial charge on any atom is -0.477 e. The summed E-state index contributed by atoms with van der Waals surface area (Å²) in [5, 5.41) is 12.7. The lowest BCUT2D eigenvalue weighted by Gasteiger charge is -2.39. The van der Waals surface area contributed by atoms with Gasteiger partial charge >= 0.3 is 5.97 Å². The highest BCUT2D eigenvalue weighted by Gasteiger charge is 2.46. The van der Waals surface area contributed by atoms with Gasteiger partial charge in [-0.25, -0.2) is 9.78 Å². The molecule has 0 saturated carbocycles. The molecule has 2 aliphatic rings.